The van der Waals surface area contributed by atoms with Crippen LogP contribution in [0.1, 0.15) is 26.7 Å². The number of nitrogens with one attached hydrogen (secondary N) is 2. The number of hydrogen-bond acceptors (Lipinski definition) is 3. The molecule has 0 aliphatic heterocycles. The molecule has 1 unspecified atom stereocenters. The van der Waals surface area contributed by atoms with E-state index < -0.39 is 17.5 Å². The van der Waals surface area contributed by atoms with Gasteiger partial charge in [-0.3, -0.25) is 0 Å². The Morgan fingerprint density at radius 3 is 2.47 bits per heavy atom. The fourth-order valence-corrected chi connectivity index (χ4v) is 0.892. The number of hydrogen-bond donors (Lipinski definition) is 4. The third-order valence-corrected chi connectivity index (χ3v) is 2.24. The van der Waals surface area contributed by atoms with E-state index in [0.717, 1.165) is 0 Å². The van der Waals surface area contributed by atoms with Crippen molar-refractivity contribution in [2.75, 3.05) is 13.1 Å². The third-order valence-electron chi connectivity index (χ3n) is 2.24. The topological polar surface area (TPSA) is 104 Å². The van der Waals surface area contributed by atoms with Crippen LogP contribution in [-0.2, 0) is 4.79 Å². The Hall–Kier alpha value is -1.30. The van der Waals surface area contributed by atoms with Gasteiger partial charge in [0.1, 0.15) is 5.54 Å². The molecule has 6 nitrogen and oxygen atoms in total. The Morgan fingerprint density at radius 2 is 2.07 bits per heavy atom. The third kappa shape index (κ3) is 4.64. The highest BCUT2D eigenvalue weighted by Gasteiger charge is 2.32. The second kappa shape index (κ2) is 6.23. The average Bonchev–Trinajstić information content (AvgIpc) is 2.17. The van der Waals surface area contributed by atoms with Gasteiger partial charge in [0.15, 0.2) is 0 Å². The first-order chi connectivity index (χ1) is 6.96. The highest BCUT2D eigenvalue weighted by molar-refractivity contribution is 5.85. The summed E-state index contributed by atoms with van der Waals surface area (Å²) in [7, 11) is 0. The lowest BCUT2D eigenvalue weighted by molar-refractivity contribution is -0.143. The zero-order chi connectivity index (χ0) is 11.9. The summed E-state index contributed by atoms with van der Waals surface area (Å²) in [5, 5.41) is 13.8. The first kappa shape index (κ1) is 13.7. The molecule has 0 saturated heterocycles. The molecule has 5 N–H and O–H groups in total. The van der Waals surface area contributed by atoms with Gasteiger partial charge in [0.2, 0.25) is 0 Å². The second-order valence-electron chi connectivity index (χ2n) is 3.51. The van der Waals surface area contributed by atoms with Gasteiger partial charge < -0.3 is 21.5 Å². The van der Waals surface area contributed by atoms with Crippen LogP contribution in [0.3, 0.4) is 0 Å². The summed E-state index contributed by atoms with van der Waals surface area (Å²) in [6.45, 7) is 4.11. The average molecular weight is 217 g/mol. The molecular formula is C9H19N3O3. The van der Waals surface area contributed by atoms with Crippen molar-refractivity contribution < 1.29 is 14.7 Å². The summed E-state index contributed by atoms with van der Waals surface area (Å²) in [5.41, 5.74) is 4.04. The molecule has 0 aliphatic rings. The molecule has 0 aromatic carbocycles. The molecule has 0 aliphatic carbocycles. The lowest BCUT2D eigenvalue weighted by atomic mass is 10.00. The number of rotatable bonds is 6. The second-order valence-corrected chi connectivity index (χ2v) is 3.51. The van der Waals surface area contributed by atoms with Crippen molar-refractivity contribution in [2.45, 2.75) is 32.2 Å². The van der Waals surface area contributed by atoms with E-state index >= 15 is 0 Å². The van der Waals surface area contributed by atoms with Crippen LogP contribution in [0.15, 0.2) is 0 Å². The van der Waals surface area contributed by atoms with Crippen molar-refractivity contribution in [3.8, 4) is 0 Å². The van der Waals surface area contributed by atoms with Crippen molar-refractivity contribution in [3.05, 3.63) is 0 Å². The number of carbonyl (C=O) groups is 2. The van der Waals surface area contributed by atoms with Crippen LogP contribution in [0.2, 0.25) is 0 Å². The van der Waals surface area contributed by atoms with Gasteiger partial charge in [0.05, 0.1) is 0 Å². The molecule has 0 spiro atoms. The van der Waals surface area contributed by atoms with Crippen LogP contribution in [-0.4, -0.2) is 35.7 Å². The van der Waals surface area contributed by atoms with E-state index in [1.165, 1.54) is 6.92 Å². The summed E-state index contributed by atoms with van der Waals surface area (Å²) in [4.78, 5) is 22.1. The summed E-state index contributed by atoms with van der Waals surface area (Å²) < 4.78 is 0. The van der Waals surface area contributed by atoms with Gasteiger partial charge in [0, 0.05) is 6.54 Å². The number of carboxylic acid groups (broad SMARTS) is 1. The zero-order valence-electron chi connectivity index (χ0n) is 9.17. The lowest BCUT2D eigenvalue weighted by Crippen LogP contribution is -2.55. The Balaban J connectivity index is 4.08. The van der Waals surface area contributed by atoms with E-state index in [9.17, 15) is 9.59 Å². The van der Waals surface area contributed by atoms with E-state index in [1.54, 1.807) is 6.92 Å². The van der Waals surface area contributed by atoms with Crippen LogP contribution >= 0.6 is 0 Å². The molecule has 2 amide bonds. The number of urea groups is 1. The summed E-state index contributed by atoms with van der Waals surface area (Å²) in [5.74, 6) is -1.04. The van der Waals surface area contributed by atoms with Gasteiger partial charge in [-0.05, 0) is 26.3 Å². The molecule has 88 valence electrons. The van der Waals surface area contributed by atoms with Crippen molar-refractivity contribution >= 4 is 12.0 Å². The largest absolute Gasteiger partial charge is 0.480 e. The van der Waals surface area contributed by atoms with Crippen molar-refractivity contribution in [1.29, 1.82) is 0 Å². The van der Waals surface area contributed by atoms with E-state index in [-0.39, 0.29) is 0 Å². The SMILES string of the molecule is CCC(C)(NC(=O)NCCCN)C(=O)O. The standard InChI is InChI=1S/C9H19N3O3/c1-3-9(2,7(13)14)12-8(15)11-6-4-5-10/h3-6,10H2,1-2H3,(H,13,14)(H2,11,12,15). The first-order valence-electron chi connectivity index (χ1n) is 4.95. The number of amides is 2. The van der Waals surface area contributed by atoms with Crippen molar-refractivity contribution in [3.63, 3.8) is 0 Å². The van der Waals surface area contributed by atoms with Gasteiger partial charge in [-0.1, -0.05) is 6.92 Å². The molecule has 0 fully saturated rings. The Kier molecular flexibility index (Phi) is 5.69. The van der Waals surface area contributed by atoms with E-state index in [2.05, 4.69) is 10.6 Å². The smallest absolute Gasteiger partial charge is 0.329 e. The molecule has 0 aromatic rings. The maximum Gasteiger partial charge on any atom is 0.329 e. The number of aliphatic carboxylic acids is 1. The highest BCUT2D eigenvalue weighted by Crippen LogP contribution is 2.08. The summed E-state index contributed by atoms with van der Waals surface area (Å²) in [6.07, 6.45) is 0.996. The Labute approximate surface area is 89.2 Å². The molecule has 1 atom stereocenters. The quantitative estimate of drug-likeness (QED) is 0.466. The van der Waals surface area contributed by atoms with Gasteiger partial charge in [-0.15, -0.1) is 0 Å². The van der Waals surface area contributed by atoms with Crippen LogP contribution in [0.4, 0.5) is 4.79 Å². The molecule has 0 bridgehead atoms. The van der Waals surface area contributed by atoms with Crippen LogP contribution in [0, 0.1) is 0 Å². The van der Waals surface area contributed by atoms with E-state index in [0.29, 0.717) is 25.9 Å². The maximum absolute atomic E-state index is 11.3. The van der Waals surface area contributed by atoms with Gasteiger partial charge in [0.25, 0.3) is 0 Å². The molecule has 0 saturated carbocycles. The molecule has 0 aromatic heterocycles. The minimum atomic E-state index is -1.22. The maximum atomic E-state index is 11.3. The van der Waals surface area contributed by atoms with Crippen molar-refractivity contribution in [1.82, 2.24) is 10.6 Å². The first-order valence-corrected chi connectivity index (χ1v) is 4.95. The minimum Gasteiger partial charge on any atom is -0.480 e. The normalized spacial score (nSPS) is 14.1. The van der Waals surface area contributed by atoms with Crippen LogP contribution in [0.25, 0.3) is 0 Å². The highest BCUT2D eigenvalue weighted by atomic mass is 16.4. The molecule has 6 heteroatoms. The number of carboxylic acids is 1. The molecule has 15 heavy (non-hydrogen) atoms. The molecule has 0 radical (unpaired) electrons. The minimum absolute atomic E-state index is 0.326. The fraction of sp³-hybridized carbons (Fsp3) is 0.778. The van der Waals surface area contributed by atoms with Gasteiger partial charge in [-0.2, -0.15) is 0 Å². The molecule has 0 heterocycles. The van der Waals surface area contributed by atoms with Crippen LogP contribution in [0.5, 0.6) is 0 Å². The molecule has 0 rings (SSSR count). The van der Waals surface area contributed by atoms with Crippen molar-refractivity contribution in [2.24, 2.45) is 5.73 Å². The lowest BCUT2D eigenvalue weighted by Gasteiger charge is -2.24. The summed E-state index contributed by atoms with van der Waals surface area (Å²) >= 11 is 0. The zero-order valence-corrected chi connectivity index (χ0v) is 9.17. The Bertz CT molecular complexity index is 233. The van der Waals surface area contributed by atoms with Gasteiger partial charge >= 0.3 is 12.0 Å². The predicted molar refractivity (Wildman–Crippen MR) is 56.5 cm³/mol. The summed E-state index contributed by atoms with van der Waals surface area (Å²) in [6, 6.07) is -0.477. The Morgan fingerprint density at radius 1 is 1.47 bits per heavy atom. The van der Waals surface area contributed by atoms with Gasteiger partial charge in [-0.25, -0.2) is 9.59 Å². The molecular weight excluding hydrogens is 198 g/mol. The fourth-order valence-electron chi connectivity index (χ4n) is 0.892. The van der Waals surface area contributed by atoms with E-state index in [4.69, 9.17) is 10.8 Å². The van der Waals surface area contributed by atoms with E-state index in [1.807, 2.05) is 0 Å². The monoisotopic (exact) mass is 217 g/mol. The predicted octanol–water partition coefficient (Wildman–Crippen LogP) is -0.112. The van der Waals surface area contributed by atoms with Crippen LogP contribution < -0.4 is 16.4 Å². The number of carbonyl (C=O) groups excluding carboxylic acids is 1. The number of nitrogens with two attached hydrogens (primary N) is 1.